The molecule has 0 aromatic heterocycles. The van der Waals surface area contributed by atoms with Gasteiger partial charge in [0.15, 0.2) is 0 Å². The van der Waals surface area contributed by atoms with Crippen LogP contribution < -0.4 is 11.1 Å². The summed E-state index contributed by atoms with van der Waals surface area (Å²) < 4.78 is 13.7. The monoisotopic (exact) mass is 302 g/mol. The summed E-state index contributed by atoms with van der Waals surface area (Å²) in [5.74, 6) is -0.701. The zero-order valence-electron chi connectivity index (χ0n) is 9.89. The predicted molar refractivity (Wildman–Crippen MR) is 70.2 cm³/mol. The fourth-order valence-electron chi connectivity index (χ4n) is 1.41. The Kier molecular flexibility index (Phi) is 4.65. The Labute approximate surface area is 109 Å². The number of rotatable bonds is 4. The second-order valence-corrected chi connectivity index (χ2v) is 4.80. The molecule has 17 heavy (non-hydrogen) atoms. The van der Waals surface area contributed by atoms with E-state index in [1.54, 1.807) is 6.07 Å². The van der Waals surface area contributed by atoms with Crippen molar-refractivity contribution in [3.63, 3.8) is 0 Å². The Bertz CT molecular complexity index is 419. The molecule has 0 fully saturated rings. The third kappa shape index (κ3) is 3.26. The first-order valence-electron chi connectivity index (χ1n) is 5.48. The van der Waals surface area contributed by atoms with Crippen LogP contribution >= 0.6 is 15.9 Å². The summed E-state index contributed by atoms with van der Waals surface area (Å²) in [5, 5.41) is 2.64. The summed E-state index contributed by atoms with van der Waals surface area (Å²) in [6.07, 6.45) is 1.06. The van der Waals surface area contributed by atoms with Crippen LogP contribution in [0.5, 0.6) is 0 Å². The Morgan fingerprint density at radius 1 is 1.47 bits per heavy atom. The number of halogens is 2. The molecule has 1 aromatic carbocycles. The molecule has 3 N–H and O–H groups in total. The third-order valence-electron chi connectivity index (χ3n) is 2.89. The van der Waals surface area contributed by atoms with Crippen molar-refractivity contribution in [1.29, 1.82) is 0 Å². The predicted octanol–water partition coefficient (Wildman–Crippen LogP) is 3.04. The second kappa shape index (κ2) is 5.60. The van der Waals surface area contributed by atoms with Gasteiger partial charge >= 0.3 is 0 Å². The van der Waals surface area contributed by atoms with Crippen LogP contribution in [0.4, 0.5) is 10.1 Å². The lowest BCUT2D eigenvalue weighted by atomic mass is 9.93. The molecule has 0 atom stereocenters. The van der Waals surface area contributed by atoms with Crippen LogP contribution in [0.25, 0.3) is 0 Å². The highest BCUT2D eigenvalue weighted by molar-refractivity contribution is 9.10. The molecule has 0 unspecified atom stereocenters. The molecule has 3 nitrogen and oxygen atoms in total. The molecule has 0 saturated carbocycles. The van der Waals surface area contributed by atoms with Gasteiger partial charge in [0.25, 0.3) is 0 Å². The van der Waals surface area contributed by atoms with E-state index in [0.29, 0.717) is 23.0 Å². The van der Waals surface area contributed by atoms with Crippen LogP contribution in [0.2, 0.25) is 0 Å². The number of nitrogens with one attached hydrogen (secondary N) is 1. The Morgan fingerprint density at radius 3 is 2.59 bits per heavy atom. The van der Waals surface area contributed by atoms with Gasteiger partial charge in [0.2, 0.25) is 5.91 Å². The lowest BCUT2D eigenvalue weighted by Gasteiger charge is -2.25. The maximum absolute atomic E-state index is 13.1. The van der Waals surface area contributed by atoms with Crippen LogP contribution in [0.15, 0.2) is 22.7 Å². The molecule has 0 bridgehead atoms. The highest BCUT2D eigenvalue weighted by atomic mass is 79.9. The fourth-order valence-corrected chi connectivity index (χ4v) is 1.76. The van der Waals surface area contributed by atoms with E-state index in [9.17, 15) is 9.18 Å². The minimum atomic E-state index is -0.911. The highest BCUT2D eigenvalue weighted by Gasteiger charge is 2.30. The number of carbonyl (C=O) groups is 1. The molecule has 94 valence electrons. The van der Waals surface area contributed by atoms with E-state index in [0.717, 1.165) is 0 Å². The maximum atomic E-state index is 13.1. The molecule has 0 aliphatic rings. The molecule has 1 aromatic rings. The van der Waals surface area contributed by atoms with Gasteiger partial charge in [-0.1, -0.05) is 13.8 Å². The molecule has 0 aliphatic heterocycles. The standard InChI is InChI=1S/C12H16BrFN2O/c1-3-12(15,4-2)11(17)16-10-7-8(14)5-6-9(10)13/h5-7H,3-4,15H2,1-2H3,(H,16,17). The van der Waals surface area contributed by atoms with Crippen molar-refractivity contribution in [2.75, 3.05) is 5.32 Å². The van der Waals surface area contributed by atoms with Crippen molar-refractivity contribution < 1.29 is 9.18 Å². The van der Waals surface area contributed by atoms with E-state index in [2.05, 4.69) is 21.2 Å². The average molecular weight is 303 g/mol. The van der Waals surface area contributed by atoms with Crippen LogP contribution in [0, 0.1) is 5.82 Å². The molecular weight excluding hydrogens is 287 g/mol. The quantitative estimate of drug-likeness (QED) is 0.898. The number of nitrogens with two attached hydrogens (primary N) is 1. The average Bonchev–Trinajstić information content (AvgIpc) is 2.32. The number of carbonyl (C=O) groups excluding carboxylic acids is 1. The van der Waals surface area contributed by atoms with Gasteiger partial charge in [-0.25, -0.2) is 4.39 Å². The number of amides is 1. The first kappa shape index (κ1) is 14.1. The normalized spacial score (nSPS) is 11.4. The Hall–Kier alpha value is -0.940. The van der Waals surface area contributed by atoms with Crippen LogP contribution in [0.1, 0.15) is 26.7 Å². The number of benzene rings is 1. The van der Waals surface area contributed by atoms with Gasteiger partial charge in [-0.2, -0.15) is 0 Å². The molecule has 1 rings (SSSR count). The molecule has 5 heteroatoms. The van der Waals surface area contributed by atoms with Gasteiger partial charge in [0, 0.05) is 4.47 Å². The zero-order chi connectivity index (χ0) is 13.1. The van der Waals surface area contributed by atoms with E-state index in [1.807, 2.05) is 13.8 Å². The molecule has 0 spiro atoms. The second-order valence-electron chi connectivity index (χ2n) is 3.94. The summed E-state index contributed by atoms with van der Waals surface area (Å²) >= 11 is 3.25. The molecule has 0 radical (unpaired) electrons. The minimum absolute atomic E-state index is 0.297. The van der Waals surface area contributed by atoms with Gasteiger partial charge in [0.05, 0.1) is 11.2 Å². The van der Waals surface area contributed by atoms with Crippen LogP contribution in [0.3, 0.4) is 0 Å². The van der Waals surface area contributed by atoms with Crippen LogP contribution in [-0.2, 0) is 4.79 Å². The smallest absolute Gasteiger partial charge is 0.244 e. The summed E-state index contributed by atoms with van der Waals surface area (Å²) in [5.41, 5.74) is 5.44. The van der Waals surface area contributed by atoms with Crippen molar-refractivity contribution in [2.24, 2.45) is 5.73 Å². The van der Waals surface area contributed by atoms with Crippen molar-refractivity contribution in [3.8, 4) is 0 Å². The van der Waals surface area contributed by atoms with Crippen molar-refractivity contribution in [2.45, 2.75) is 32.2 Å². The number of hydrogen-bond donors (Lipinski definition) is 2. The van der Waals surface area contributed by atoms with Gasteiger partial charge in [-0.05, 0) is 47.0 Å². The summed E-state index contributed by atoms with van der Waals surface area (Å²) in [4.78, 5) is 12.0. The Morgan fingerprint density at radius 2 is 2.06 bits per heavy atom. The van der Waals surface area contributed by atoms with Crippen molar-refractivity contribution in [1.82, 2.24) is 0 Å². The Balaban J connectivity index is 2.91. The zero-order valence-corrected chi connectivity index (χ0v) is 11.5. The SMILES string of the molecule is CCC(N)(CC)C(=O)Nc1cc(F)ccc1Br. The van der Waals surface area contributed by atoms with E-state index in [-0.39, 0.29) is 5.91 Å². The van der Waals surface area contributed by atoms with Crippen LogP contribution in [-0.4, -0.2) is 11.4 Å². The summed E-state index contributed by atoms with van der Waals surface area (Å²) in [7, 11) is 0. The van der Waals surface area contributed by atoms with E-state index < -0.39 is 11.4 Å². The lowest BCUT2D eigenvalue weighted by molar-refractivity contribution is -0.121. The lowest BCUT2D eigenvalue weighted by Crippen LogP contribution is -2.50. The van der Waals surface area contributed by atoms with E-state index in [1.165, 1.54) is 12.1 Å². The van der Waals surface area contributed by atoms with Crippen molar-refractivity contribution in [3.05, 3.63) is 28.5 Å². The maximum Gasteiger partial charge on any atom is 0.244 e. The molecule has 0 aliphatic carbocycles. The third-order valence-corrected chi connectivity index (χ3v) is 3.58. The van der Waals surface area contributed by atoms with Gasteiger partial charge in [-0.15, -0.1) is 0 Å². The molecule has 0 heterocycles. The van der Waals surface area contributed by atoms with Gasteiger partial charge in [-0.3, -0.25) is 4.79 Å². The molecular formula is C12H16BrFN2O. The first-order chi connectivity index (χ1) is 7.92. The number of anilines is 1. The van der Waals surface area contributed by atoms with E-state index >= 15 is 0 Å². The van der Waals surface area contributed by atoms with E-state index in [4.69, 9.17) is 5.73 Å². The fraction of sp³-hybridized carbons (Fsp3) is 0.417. The van der Waals surface area contributed by atoms with Crippen molar-refractivity contribution >= 4 is 27.5 Å². The molecule has 0 saturated heterocycles. The first-order valence-corrected chi connectivity index (χ1v) is 6.27. The minimum Gasteiger partial charge on any atom is -0.323 e. The van der Waals surface area contributed by atoms with Gasteiger partial charge < -0.3 is 11.1 Å². The topological polar surface area (TPSA) is 55.1 Å². The molecule has 1 amide bonds. The summed E-state index contributed by atoms with van der Waals surface area (Å²) in [6.45, 7) is 3.70. The van der Waals surface area contributed by atoms with Gasteiger partial charge in [0.1, 0.15) is 5.82 Å². The highest BCUT2D eigenvalue weighted by Crippen LogP contribution is 2.24. The summed E-state index contributed by atoms with van der Waals surface area (Å²) in [6, 6.07) is 4.11. The number of hydrogen-bond acceptors (Lipinski definition) is 2. The largest absolute Gasteiger partial charge is 0.323 e.